The Kier molecular flexibility index (Phi) is 5.08. The van der Waals surface area contributed by atoms with Crippen molar-refractivity contribution in [2.75, 3.05) is 19.0 Å². The quantitative estimate of drug-likeness (QED) is 0.684. The smallest absolute Gasteiger partial charge is 0.339 e. The average Bonchev–Trinajstić information content (AvgIpc) is 2.96. The van der Waals surface area contributed by atoms with Crippen molar-refractivity contribution < 1.29 is 14.3 Å². The molecule has 0 unspecified atom stereocenters. The first-order valence-corrected chi connectivity index (χ1v) is 7.44. The minimum absolute atomic E-state index is 0.0878. The van der Waals surface area contributed by atoms with Crippen LogP contribution in [0.25, 0.3) is 0 Å². The molecule has 2 rings (SSSR count). The van der Waals surface area contributed by atoms with Gasteiger partial charge >= 0.3 is 12.0 Å². The lowest BCUT2D eigenvalue weighted by Gasteiger charge is -2.27. The minimum atomic E-state index is -0.508. The normalized spacial score (nSPS) is 17.0. The van der Waals surface area contributed by atoms with E-state index in [4.69, 9.17) is 11.6 Å². The Morgan fingerprint density at radius 1 is 1.41 bits per heavy atom. The number of nitrogens with one attached hydrogen (secondary N) is 1. The van der Waals surface area contributed by atoms with Crippen molar-refractivity contribution in [3.63, 3.8) is 0 Å². The number of urea groups is 1. The molecule has 1 aromatic carbocycles. The van der Waals surface area contributed by atoms with Gasteiger partial charge in [-0.1, -0.05) is 37.6 Å². The molecule has 0 fully saturated rings. The highest BCUT2D eigenvalue weighted by Gasteiger charge is 2.27. The Hall–Kier alpha value is -2.01. The van der Waals surface area contributed by atoms with Crippen LogP contribution in [0.5, 0.6) is 0 Å². The van der Waals surface area contributed by atoms with Crippen molar-refractivity contribution in [1.82, 2.24) is 4.90 Å². The summed E-state index contributed by atoms with van der Waals surface area (Å²) in [5, 5.41) is 3.04. The van der Waals surface area contributed by atoms with Gasteiger partial charge in [-0.3, -0.25) is 0 Å². The number of ether oxygens (including phenoxy) is 1. The standard InChI is InChI=1S/C16H19ClN2O3/c1-10(2)14-5-4-8-19(14)16(21)18-11-6-7-12(13(17)9-11)15(20)22-3/h4-7,9-10,14H,8H2,1-3H3,(H,18,21)/t14-/m0/s1. The molecule has 118 valence electrons. The molecule has 2 amide bonds. The Balaban J connectivity index is 2.09. The lowest BCUT2D eigenvalue weighted by atomic mass is 10.1. The minimum Gasteiger partial charge on any atom is -0.465 e. The summed E-state index contributed by atoms with van der Waals surface area (Å²) in [5.74, 6) is -0.165. The molecule has 0 spiro atoms. The summed E-state index contributed by atoms with van der Waals surface area (Å²) in [6, 6.07) is 4.60. The average molecular weight is 323 g/mol. The Morgan fingerprint density at radius 3 is 2.73 bits per heavy atom. The number of amides is 2. The molecule has 0 bridgehead atoms. The number of anilines is 1. The van der Waals surface area contributed by atoms with Crippen LogP contribution < -0.4 is 5.32 Å². The third-order valence-electron chi connectivity index (χ3n) is 3.56. The lowest BCUT2D eigenvalue weighted by molar-refractivity contribution is 0.0601. The van der Waals surface area contributed by atoms with E-state index in [1.807, 2.05) is 12.2 Å². The third kappa shape index (κ3) is 3.42. The number of hydrogen-bond donors (Lipinski definition) is 1. The van der Waals surface area contributed by atoms with Gasteiger partial charge in [0, 0.05) is 12.2 Å². The molecule has 0 radical (unpaired) electrons. The van der Waals surface area contributed by atoms with E-state index >= 15 is 0 Å². The van der Waals surface area contributed by atoms with Crippen molar-refractivity contribution in [1.29, 1.82) is 0 Å². The number of rotatable bonds is 3. The van der Waals surface area contributed by atoms with Crippen LogP contribution in [-0.2, 0) is 4.74 Å². The molecule has 0 saturated carbocycles. The number of benzene rings is 1. The predicted molar refractivity (Wildman–Crippen MR) is 86.3 cm³/mol. The van der Waals surface area contributed by atoms with Gasteiger partial charge in [0.1, 0.15) is 0 Å². The molecule has 1 aliphatic heterocycles. The van der Waals surface area contributed by atoms with E-state index in [0.717, 1.165) is 0 Å². The van der Waals surface area contributed by atoms with E-state index in [-0.39, 0.29) is 22.7 Å². The van der Waals surface area contributed by atoms with Crippen LogP contribution in [0.4, 0.5) is 10.5 Å². The number of hydrogen-bond acceptors (Lipinski definition) is 3. The molecule has 0 aliphatic carbocycles. The summed E-state index contributed by atoms with van der Waals surface area (Å²) in [4.78, 5) is 25.6. The largest absolute Gasteiger partial charge is 0.465 e. The monoisotopic (exact) mass is 322 g/mol. The summed E-state index contributed by atoms with van der Waals surface area (Å²) in [5.41, 5.74) is 0.808. The van der Waals surface area contributed by atoms with Crippen LogP contribution in [0.3, 0.4) is 0 Å². The van der Waals surface area contributed by atoms with Crippen LogP contribution in [0.15, 0.2) is 30.4 Å². The summed E-state index contributed by atoms with van der Waals surface area (Å²) in [7, 11) is 1.29. The molecule has 1 aliphatic rings. The third-order valence-corrected chi connectivity index (χ3v) is 3.88. The number of halogens is 1. The highest BCUT2D eigenvalue weighted by Crippen LogP contribution is 2.23. The Morgan fingerprint density at radius 2 is 2.14 bits per heavy atom. The van der Waals surface area contributed by atoms with Crippen molar-refractivity contribution in [3.8, 4) is 0 Å². The molecule has 1 aromatic rings. The zero-order valence-corrected chi connectivity index (χ0v) is 13.6. The SMILES string of the molecule is COC(=O)c1ccc(NC(=O)N2CC=C[C@H]2C(C)C)cc1Cl. The lowest BCUT2D eigenvalue weighted by Crippen LogP contribution is -2.41. The van der Waals surface area contributed by atoms with Gasteiger partial charge < -0.3 is 15.0 Å². The first-order chi connectivity index (χ1) is 10.4. The maximum absolute atomic E-state index is 12.4. The highest BCUT2D eigenvalue weighted by molar-refractivity contribution is 6.33. The fraction of sp³-hybridized carbons (Fsp3) is 0.375. The van der Waals surface area contributed by atoms with Crippen molar-refractivity contribution >= 4 is 29.3 Å². The molecule has 6 heteroatoms. The van der Waals surface area contributed by atoms with Crippen molar-refractivity contribution in [3.05, 3.63) is 40.9 Å². The first-order valence-electron chi connectivity index (χ1n) is 7.06. The molecule has 1 heterocycles. The second kappa shape index (κ2) is 6.83. The fourth-order valence-corrected chi connectivity index (χ4v) is 2.66. The summed E-state index contributed by atoms with van der Waals surface area (Å²) in [6.45, 7) is 4.73. The van der Waals surface area contributed by atoms with Gasteiger partial charge in [-0.2, -0.15) is 0 Å². The van der Waals surface area contributed by atoms with E-state index in [0.29, 0.717) is 18.2 Å². The molecule has 0 aromatic heterocycles. The van der Waals surface area contributed by atoms with Crippen LogP contribution >= 0.6 is 11.6 Å². The number of nitrogens with zero attached hydrogens (tertiary/aromatic N) is 1. The number of esters is 1. The van der Waals surface area contributed by atoms with Gasteiger partial charge in [0.2, 0.25) is 0 Å². The molecule has 22 heavy (non-hydrogen) atoms. The highest BCUT2D eigenvalue weighted by atomic mass is 35.5. The van der Waals surface area contributed by atoms with Crippen LogP contribution in [0.2, 0.25) is 5.02 Å². The van der Waals surface area contributed by atoms with Gasteiger partial charge in [0.15, 0.2) is 0 Å². The zero-order chi connectivity index (χ0) is 16.3. The first kappa shape index (κ1) is 16.4. The zero-order valence-electron chi connectivity index (χ0n) is 12.8. The van der Waals surface area contributed by atoms with Crippen molar-refractivity contribution in [2.24, 2.45) is 5.92 Å². The molecule has 0 saturated heterocycles. The number of carbonyl (C=O) groups is 2. The van der Waals surface area contributed by atoms with Gasteiger partial charge in [0.05, 0.1) is 23.7 Å². The second-order valence-electron chi connectivity index (χ2n) is 5.43. The van der Waals surface area contributed by atoms with Gasteiger partial charge in [0.25, 0.3) is 0 Å². The maximum Gasteiger partial charge on any atom is 0.339 e. The topological polar surface area (TPSA) is 58.6 Å². The summed E-state index contributed by atoms with van der Waals surface area (Å²) in [6.07, 6.45) is 4.02. The molecule has 1 atom stereocenters. The van der Waals surface area contributed by atoms with E-state index < -0.39 is 5.97 Å². The van der Waals surface area contributed by atoms with Gasteiger partial charge in [-0.15, -0.1) is 0 Å². The van der Waals surface area contributed by atoms with Crippen LogP contribution in [0.1, 0.15) is 24.2 Å². The van der Waals surface area contributed by atoms with Crippen LogP contribution in [-0.4, -0.2) is 36.6 Å². The van der Waals surface area contributed by atoms with E-state index in [9.17, 15) is 9.59 Å². The van der Waals surface area contributed by atoms with E-state index in [1.165, 1.54) is 13.2 Å². The molecule has 5 nitrogen and oxygen atoms in total. The second-order valence-corrected chi connectivity index (χ2v) is 5.84. The fourth-order valence-electron chi connectivity index (χ4n) is 2.40. The Bertz CT molecular complexity index is 613. The molecule has 1 N–H and O–H groups in total. The van der Waals surface area contributed by atoms with Crippen molar-refractivity contribution in [2.45, 2.75) is 19.9 Å². The number of carbonyl (C=O) groups excluding carboxylic acids is 2. The predicted octanol–water partition coefficient (Wildman–Crippen LogP) is 3.55. The molecular formula is C16H19ClN2O3. The summed E-state index contributed by atoms with van der Waals surface area (Å²) < 4.78 is 4.63. The Labute approximate surface area is 134 Å². The molecular weight excluding hydrogens is 304 g/mol. The van der Waals surface area contributed by atoms with Gasteiger partial charge in [-0.05, 0) is 24.1 Å². The van der Waals surface area contributed by atoms with Gasteiger partial charge in [-0.25, -0.2) is 9.59 Å². The van der Waals surface area contributed by atoms with E-state index in [1.54, 1.807) is 17.0 Å². The van der Waals surface area contributed by atoms with Crippen LogP contribution in [0, 0.1) is 5.92 Å². The number of methoxy groups -OCH3 is 1. The summed E-state index contributed by atoms with van der Waals surface area (Å²) >= 11 is 6.05. The van der Waals surface area contributed by atoms with E-state index in [2.05, 4.69) is 23.9 Å². The maximum atomic E-state index is 12.4.